The Labute approximate surface area is 117 Å². The molecule has 0 spiro atoms. The fourth-order valence-electron chi connectivity index (χ4n) is 1.53. The lowest BCUT2D eigenvalue weighted by molar-refractivity contribution is -0.384. The van der Waals surface area contributed by atoms with E-state index in [1.165, 1.54) is 12.1 Å². The molecule has 0 fully saturated rings. The Morgan fingerprint density at radius 3 is 2.35 bits per heavy atom. The first-order valence-electron chi connectivity index (χ1n) is 6.19. The van der Waals surface area contributed by atoms with E-state index in [2.05, 4.69) is 5.32 Å². The number of nitrogens with zero attached hydrogens (tertiary/aromatic N) is 1. The van der Waals surface area contributed by atoms with E-state index < -0.39 is 16.2 Å². The van der Waals surface area contributed by atoms with Gasteiger partial charge in [0.05, 0.1) is 11.5 Å². The van der Waals surface area contributed by atoms with E-state index in [1.54, 1.807) is 33.8 Å². The van der Waals surface area contributed by atoms with Gasteiger partial charge in [-0.05, 0) is 18.6 Å². The molecule has 0 radical (unpaired) electrons. The van der Waals surface area contributed by atoms with Crippen molar-refractivity contribution in [2.75, 3.05) is 6.54 Å². The summed E-state index contributed by atoms with van der Waals surface area (Å²) in [7, 11) is 0. The first-order chi connectivity index (χ1) is 9.11. The molecule has 1 amide bonds. The smallest absolute Gasteiger partial charge is 0.270 e. The van der Waals surface area contributed by atoms with Gasteiger partial charge in [-0.1, -0.05) is 20.8 Å². The molecule has 0 aliphatic carbocycles. The minimum atomic E-state index is -0.552. The van der Waals surface area contributed by atoms with Crippen LogP contribution in [0.25, 0.3) is 0 Å². The van der Waals surface area contributed by atoms with E-state index in [-0.39, 0.29) is 23.6 Å². The topological polar surface area (TPSA) is 89.3 Å². The van der Waals surface area contributed by atoms with E-state index in [1.807, 2.05) is 0 Å². The van der Waals surface area contributed by atoms with E-state index in [0.717, 1.165) is 0 Å². The molecular formula is C14H18N2O4. The second kappa shape index (κ2) is 5.81. The Balaban J connectivity index is 2.83. The minimum Gasteiger partial charge on any atom is -0.345 e. The van der Waals surface area contributed by atoms with Crippen LogP contribution in [0.3, 0.4) is 0 Å². The fraction of sp³-hybridized carbons (Fsp3) is 0.429. The van der Waals surface area contributed by atoms with Crippen LogP contribution >= 0.6 is 0 Å². The summed E-state index contributed by atoms with van der Waals surface area (Å²) in [6.45, 7) is 6.87. The second-order valence-electron chi connectivity index (χ2n) is 5.67. The lowest BCUT2D eigenvalue weighted by Crippen LogP contribution is -2.35. The SMILES string of the molecule is Cc1cc(C(=O)NCC(=O)C(C)(C)C)cc([N+](=O)[O-])c1. The van der Waals surface area contributed by atoms with E-state index >= 15 is 0 Å². The average Bonchev–Trinajstić information content (AvgIpc) is 2.33. The molecule has 0 unspecified atom stereocenters. The number of non-ortho nitro benzene ring substituents is 1. The van der Waals surface area contributed by atoms with Gasteiger partial charge < -0.3 is 5.32 Å². The lowest BCUT2D eigenvalue weighted by Gasteiger charge is -2.16. The highest BCUT2D eigenvalue weighted by atomic mass is 16.6. The predicted molar refractivity (Wildman–Crippen MR) is 74.6 cm³/mol. The molecule has 1 aromatic rings. The molecule has 0 saturated carbocycles. The van der Waals surface area contributed by atoms with Crippen LogP contribution < -0.4 is 5.32 Å². The quantitative estimate of drug-likeness (QED) is 0.675. The normalized spacial score (nSPS) is 11.0. The maximum absolute atomic E-state index is 11.9. The highest BCUT2D eigenvalue weighted by Crippen LogP contribution is 2.17. The van der Waals surface area contributed by atoms with E-state index in [4.69, 9.17) is 0 Å². The molecule has 0 aliphatic rings. The van der Waals surface area contributed by atoms with Crippen molar-refractivity contribution in [3.8, 4) is 0 Å². The monoisotopic (exact) mass is 278 g/mol. The van der Waals surface area contributed by atoms with Crippen LogP contribution in [-0.2, 0) is 4.79 Å². The van der Waals surface area contributed by atoms with Crippen LogP contribution in [-0.4, -0.2) is 23.2 Å². The third-order valence-corrected chi connectivity index (χ3v) is 2.78. The predicted octanol–water partition coefficient (Wildman–Crippen LogP) is 2.25. The summed E-state index contributed by atoms with van der Waals surface area (Å²) in [6.07, 6.45) is 0. The number of aryl methyl sites for hydroxylation is 1. The van der Waals surface area contributed by atoms with Crippen molar-refractivity contribution in [3.63, 3.8) is 0 Å². The van der Waals surface area contributed by atoms with Crippen LogP contribution in [0, 0.1) is 22.5 Å². The molecule has 108 valence electrons. The van der Waals surface area contributed by atoms with Crippen molar-refractivity contribution in [1.82, 2.24) is 5.32 Å². The van der Waals surface area contributed by atoms with Gasteiger partial charge in [-0.3, -0.25) is 19.7 Å². The van der Waals surface area contributed by atoms with Gasteiger partial charge in [0.25, 0.3) is 11.6 Å². The van der Waals surface area contributed by atoms with Gasteiger partial charge >= 0.3 is 0 Å². The third-order valence-electron chi connectivity index (χ3n) is 2.78. The summed E-state index contributed by atoms with van der Waals surface area (Å²) in [5, 5.41) is 13.2. The number of hydrogen-bond donors (Lipinski definition) is 1. The Hall–Kier alpha value is -2.24. The molecular weight excluding hydrogens is 260 g/mol. The number of benzene rings is 1. The average molecular weight is 278 g/mol. The van der Waals surface area contributed by atoms with Crippen LogP contribution in [0.4, 0.5) is 5.69 Å². The minimum absolute atomic E-state index is 0.0932. The van der Waals surface area contributed by atoms with Crippen molar-refractivity contribution >= 4 is 17.4 Å². The second-order valence-corrected chi connectivity index (χ2v) is 5.67. The molecule has 0 saturated heterocycles. The van der Waals surface area contributed by atoms with Crippen molar-refractivity contribution in [2.45, 2.75) is 27.7 Å². The maximum atomic E-state index is 11.9. The Bertz CT molecular complexity index is 559. The number of amides is 1. The number of nitrogens with one attached hydrogen (secondary N) is 1. The van der Waals surface area contributed by atoms with E-state index in [0.29, 0.717) is 5.56 Å². The van der Waals surface area contributed by atoms with Gasteiger partial charge in [0, 0.05) is 23.1 Å². The van der Waals surface area contributed by atoms with Crippen LogP contribution in [0.2, 0.25) is 0 Å². The Kier molecular flexibility index (Phi) is 4.60. The van der Waals surface area contributed by atoms with Crippen molar-refractivity contribution in [1.29, 1.82) is 0 Å². The molecule has 0 aliphatic heterocycles. The highest BCUT2D eigenvalue weighted by Gasteiger charge is 2.22. The standard InChI is InChI=1S/C14H18N2O4/c1-9-5-10(7-11(6-9)16(19)20)13(18)15-8-12(17)14(2,3)4/h5-7H,8H2,1-4H3,(H,15,18). The molecule has 1 aromatic carbocycles. The number of hydrogen-bond acceptors (Lipinski definition) is 4. The summed E-state index contributed by atoms with van der Waals surface area (Å²) in [5.41, 5.74) is 0.119. The fourth-order valence-corrected chi connectivity index (χ4v) is 1.53. The van der Waals surface area contributed by atoms with E-state index in [9.17, 15) is 19.7 Å². The molecule has 6 heteroatoms. The first kappa shape index (κ1) is 15.8. The van der Waals surface area contributed by atoms with Gasteiger partial charge in [0.2, 0.25) is 0 Å². The number of nitro groups is 1. The van der Waals surface area contributed by atoms with Crippen molar-refractivity contribution in [3.05, 3.63) is 39.4 Å². The largest absolute Gasteiger partial charge is 0.345 e. The summed E-state index contributed by atoms with van der Waals surface area (Å²) in [6, 6.07) is 4.13. The Morgan fingerprint density at radius 1 is 1.25 bits per heavy atom. The maximum Gasteiger partial charge on any atom is 0.270 e. The van der Waals surface area contributed by atoms with Gasteiger partial charge in [-0.15, -0.1) is 0 Å². The zero-order valence-corrected chi connectivity index (χ0v) is 12.0. The van der Waals surface area contributed by atoms with Crippen molar-refractivity contribution in [2.24, 2.45) is 5.41 Å². The summed E-state index contributed by atoms with van der Waals surface area (Å²) in [5.74, 6) is -0.595. The molecule has 1 N–H and O–H groups in total. The molecule has 0 atom stereocenters. The first-order valence-corrected chi connectivity index (χ1v) is 6.19. The molecule has 1 rings (SSSR count). The van der Waals surface area contributed by atoms with Crippen molar-refractivity contribution < 1.29 is 14.5 Å². The number of carbonyl (C=O) groups excluding carboxylic acids is 2. The third kappa shape index (κ3) is 4.15. The highest BCUT2D eigenvalue weighted by molar-refractivity contribution is 5.98. The molecule has 0 bridgehead atoms. The summed E-state index contributed by atoms with van der Waals surface area (Å²) >= 11 is 0. The summed E-state index contributed by atoms with van der Waals surface area (Å²) in [4.78, 5) is 33.8. The van der Waals surface area contributed by atoms with Gasteiger partial charge in [-0.2, -0.15) is 0 Å². The zero-order chi connectivity index (χ0) is 15.5. The number of nitro benzene ring substituents is 1. The molecule has 0 aromatic heterocycles. The van der Waals surface area contributed by atoms with Crippen LogP contribution in [0.1, 0.15) is 36.7 Å². The number of ketones is 1. The van der Waals surface area contributed by atoms with Crippen LogP contribution in [0.15, 0.2) is 18.2 Å². The molecule has 6 nitrogen and oxygen atoms in total. The number of rotatable bonds is 4. The van der Waals surface area contributed by atoms with Gasteiger partial charge in [0.1, 0.15) is 0 Å². The molecule has 20 heavy (non-hydrogen) atoms. The molecule has 0 heterocycles. The number of carbonyl (C=O) groups is 2. The Morgan fingerprint density at radius 2 is 1.85 bits per heavy atom. The number of Topliss-reactive ketones (excluding diaryl/α,β-unsaturated/α-hetero) is 1. The lowest BCUT2D eigenvalue weighted by atomic mass is 9.91. The van der Waals surface area contributed by atoms with Gasteiger partial charge in [-0.25, -0.2) is 0 Å². The zero-order valence-electron chi connectivity index (χ0n) is 12.0. The van der Waals surface area contributed by atoms with Gasteiger partial charge in [0.15, 0.2) is 5.78 Å². The van der Waals surface area contributed by atoms with Crippen LogP contribution in [0.5, 0.6) is 0 Å². The summed E-state index contributed by atoms with van der Waals surface area (Å²) < 4.78 is 0.